The lowest BCUT2D eigenvalue weighted by molar-refractivity contribution is -0.128. The molecule has 0 fully saturated rings. The Labute approximate surface area is 152 Å². The van der Waals surface area contributed by atoms with E-state index in [-0.39, 0.29) is 11.7 Å². The Bertz CT molecular complexity index is 877. The molecule has 0 saturated heterocycles. The summed E-state index contributed by atoms with van der Waals surface area (Å²) in [6, 6.07) is 20.2. The molecular weight excluding hydrogens is 329 g/mol. The second-order valence-electron chi connectivity index (χ2n) is 6.19. The third-order valence-corrected chi connectivity index (χ3v) is 4.29. The highest BCUT2D eigenvalue weighted by Crippen LogP contribution is 2.22. The molecule has 0 heterocycles. The van der Waals surface area contributed by atoms with Gasteiger partial charge in [0, 0.05) is 6.54 Å². The van der Waals surface area contributed by atoms with Crippen molar-refractivity contribution in [2.45, 2.75) is 25.9 Å². The number of rotatable bonds is 7. The van der Waals surface area contributed by atoms with Gasteiger partial charge in [-0.2, -0.15) is 0 Å². The minimum absolute atomic E-state index is 0.136. The Hall–Kier alpha value is -2.88. The first-order valence-corrected chi connectivity index (χ1v) is 8.83. The van der Waals surface area contributed by atoms with E-state index in [2.05, 4.69) is 5.32 Å². The first-order valence-electron chi connectivity index (χ1n) is 8.83. The highest BCUT2D eigenvalue weighted by atomic mass is 19.1. The monoisotopic (exact) mass is 351 g/mol. The fraction of sp³-hybridized carbons (Fsp3) is 0.227. The molecule has 0 spiro atoms. The number of benzene rings is 3. The number of nitrogens with one attached hydrogen (secondary N) is 1. The van der Waals surface area contributed by atoms with E-state index in [1.807, 2.05) is 49.4 Å². The van der Waals surface area contributed by atoms with E-state index < -0.39 is 6.10 Å². The third kappa shape index (κ3) is 4.60. The summed E-state index contributed by atoms with van der Waals surface area (Å²) in [6.45, 7) is 2.41. The maximum Gasteiger partial charge on any atom is 0.261 e. The Balaban J connectivity index is 1.56. The highest BCUT2D eigenvalue weighted by molar-refractivity contribution is 5.84. The van der Waals surface area contributed by atoms with E-state index in [0.717, 1.165) is 16.3 Å². The van der Waals surface area contributed by atoms with Gasteiger partial charge in [-0.25, -0.2) is 4.39 Å². The Morgan fingerprint density at radius 3 is 2.50 bits per heavy atom. The largest absolute Gasteiger partial charge is 0.481 e. The van der Waals surface area contributed by atoms with E-state index in [4.69, 9.17) is 4.74 Å². The van der Waals surface area contributed by atoms with E-state index >= 15 is 0 Å². The molecule has 0 aromatic heterocycles. The number of hydrogen-bond acceptors (Lipinski definition) is 2. The quantitative estimate of drug-likeness (QED) is 0.681. The van der Waals surface area contributed by atoms with Gasteiger partial charge in [-0.05, 0) is 53.4 Å². The van der Waals surface area contributed by atoms with Crippen LogP contribution in [0.25, 0.3) is 10.8 Å². The zero-order valence-electron chi connectivity index (χ0n) is 14.7. The molecule has 1 amide bonds. The average Bonchev–Trinajstić information content (AvgIpc) is 2.67. The topological polar surface area (TPSA) is 38.3 Å². The van der Waals surface area contributed by atoms with Gasteiger partial charge in [0.05, 0.1) is 0 Å². The van der Waals surface area contributed by atoms with Gasteiger partial charge in [0.15, 0.2) is 6.10 Å². The number of carbonyl (C=O) groups excluding carboxylic acids is 1. The van der Waals surface area contributed by atoms with Crippen LogP contribution in [0.2, 0.25) is 0 Å². The lowest BCUT2D eigenvalue weighted by Crippen LogP contribution is -2.38. The second kappa shape index (κ2) is 8.48. The van der Waals surface area contributed by atoms with Gasteiger partial charge in [-0.3, -0.25) is 4.79 Å². The van der Waals surface area contributed by atoms with Gasteiger partial charge in [0.1, 0.15) is 11.6 Å². The van der Waals surface area contributed by atoms with Gasteiger partial charge in [0.25, 0.3) is 5.91 Å². The first-order chi connectivity index (χ1) is 12.7. The molecule has 0 aliphatic heterocycles. The molecule has 0 aliphatic carbocycles. The maximum absolute atomic E-state index is 12.9. The SMILES string of the molecule is CCC(Oc1ccc2ccccc2c1)C(=O)NCCc1ccc(F)cc1. The minimum Gasteiger partial charge on any atom is -0.481 e. The molecule has 3 aromatic rings. The number of halogens is 1. The number of amides is 1. The van der Waals surface area contributed by atoms with Crippen LogP contribution in [0.3, 0.4) is 0 Å². The van der Waals surface area contributed by atoms with E-state index in [1.54, 1.807) is 12.1 Å². The van der Waals surface area contributed by atoms with Gasteiger partial charge in [-0.1, -0.05) is 49.4 Å². The van der Waals surface area contributed by atoms with Crippen molar-refractivity contribution >= 4 is 16.7 Å². The molecule has 0 saturated carbocycles. The summed E-state index contributed by atoms with van der Waals surface area (Å²) in [4.78, 5) is 12.4. The summed E-state index contributed by atoms with van der Waals surface area (Å²) < 4.78 is 18.8. The molecule has 3 rings (SSSR count). The van der Waals surface area contributed by atoms with Gasteiger partial charge in [0.2, 0.25) is 0 Å². The van der Waals surface area contributed by atoms with Crippen molar-refractivity contribution in [3.05, 3.63) is 78.1 Å². The van der Waals surface area contributed by atoms with Crippen LogP contribution >= 0.6 is 0 Å². The normalized spacial score (nSPS) is 11.9. The van der Waals surface area contributed by atoms with Crippen LogP contribution in [0.15, 0.2) is 66.7 Å². The highest BCUT2D eigenvalue weighted by Gasteiger charge is 2.18. The molecule has 0 bridgehead atoms. The summed E-state index contributed by atoms with van der Waals surface area (Å²) >= 11 is 0. The second-order valence-corrected chi connectivity index (χ2v) is 6.19. The predicted octanol–water partition coefficient (Wildman–Crippen LogP) is 4.50. The summed E-state index contributed by atoms with van der Waals surface area (Å²) in [6.07, 6.45) is 0.692. The van der Waals surface area contributed by atoms with Crippen molar-refractivity contribution in [3.63, 3.8) is 0 Å². The van der Waals surface area contributed by atoms with E-state index in [0.29, 0.717) is 25.1 Å². The molecule has 1 atom stereocenters. The number of carbonyl (C=O) groups is 1. The average molecular weight is 351 g/mol. The van der Waals surface area contributed by atoms with Gasteiger partial charge >= 0.3 is 0 Å². The number of fused-ring (bicyclic) bond motifs is 1. The van der Waals surface area contributed by atoms with Crippen molar-refractivity contribution in [2.75, 3.05) is 6.54 Å². The van der Waals surface area contributed by atoms with Crippen LogP contribution in [-0.2, 0) is 11.2 Å². The van der Waals surface area contributed by atoms with Crippen molar-refractivity contribution in [2.24, 2.45) is 0 Å². The van der Waals surface area contributed by atoms with Crippen LogP contribution in [-0.4, -0.2) is 18.6 Å². The van der Waals surface area contributed by atoms with Crippen LogP contribution in [0, 0.1) is 5.82 Å². The van der Waals surface area contributed by atoms with Crippen LogP contribution < -0.4 is 10.1 Å². The Kier molecular flexibility index (Phi) is 5.84. The molecule has 1 unspecified atom stereocenters. The standard InChI is InChI=1S/C22H22FNO2/c1-2-21(22(25)24-14-13-16-7-10-19(23)11-8-16)26-20-12-9-17-5-3-4-6-18(17)15-20/h3-12,15,21H,2,13-14H2,1H3,(H,24,25). The van der Waals surface area contributed by atoms with E-state index in [9.17, 15) is 9.18 Å². The Morgan fingerprint density at radius 2 is 1.77 bits per heavy atom. The van der Waals surface area contributed by atoms with Crippen molar-refractivity contribution in [1.29, 1.82) is 0 Å². The molecule has 0 radical (unpaired) electrons. The van der Waals surface area contributed by atoms with Gasteiger partial charge < -0.3 is 10.1 Å². The fourth-order valence-corrected chi connectivity index (χ4v) is 2.82. The summed E-state index contributed by atoms with van der Waals surface area (Å²) in [5, 5.41) is 5.11. The molecule has 4 heteroatoms. The smallest absolute Gasteiger partial charge is 0.261 e. The molecule has 3 aromatic carbocycles. The lowest BCUT2D eigenvalue weighted by Gasteiger charge is -2.17. The van der Waals surface area contributed by atoms with Crippen LogP contribution in [0.1, 0.15) is 18.9 Å². The number of hydrogen-bond donors (Lipinski definition) is 1. The Morgan fingerprint density at radius 1 is 1.04 bits per heavy atom. The molecule has 134 valence electrons. The van der Waals surface area contributed by atoms with Crippen LogP contribution in [0.5, 0.6) is 5.75 Å². The minimum atomic E-state index is -0.538. The summed E-state index contributed by atoms with van der Waals surface area (Å²) in [5.41, 5.74) is 0.982. The summed E-state index contributed by atoms with van der Waals surface area (Å²) in [7, 11) is 0. The zero-order chi connectivity index (χ0) is 18.4. The first kappa shape index (κ1) is 17.9. The van der Waals surface area contributed by atoms with Crippen molar-refractivity contribution < 1.29 is 13.9 Å². The predicted molar refractivity (Wildman–Crippen MR) is 102 cm³/mol. The van der Waals surface area contributed by atoms with Crippen molar-refractivity contribution in [1.82, 2.24) is 5.32 Å². The maximum atomic E-state index is 12.9. The molecule has 3 nitrogen and oxygen atoms in total. The zero-order valence-corrected chi connectivity index (χ0v) is 14.7. The molecule has 1 N–H and O–H groups in total. The summed E-state index contributed by atoms with van der Waals surface area (Å²) in [5.74, 6) is 0.291. The molecule has 0 aliphatic rings. The van der Waals surface area contributed by atoms with Crippen LogP contribution in [0.4, 0.5) is 4.39 Å². The molecular formula is C22H22FNO2. The fourth-order valence-electron chi connectivity index (χ4n) is 2.82. The van der Waals surface area contributed by atoms with Crippen molar-refractivity contribution in [3.8, 4) is 5.75 Å². The van der Waals surface area contributed by atoms with Gasteiger partial charge in [-0.15, -0.1) is 0 Å². The lowest BCUT2D eigenvalue weighted by atomic mass is 10.1. The third-order valence-electron chi connectivity index (χ3n) is 4.29. The molecule has 26 heavy (non-hydrogen) atoms. The number of ether oxygens (including phenoxy) is 1. The van der Waals surface area contributed by atoms with E-state index in [1.165, 1.54) is 12.1 Å².